The number of benzene rings is 3. The lowest BCUT2D eigenvalue weighted by Crippen LogP contribution is -2.38. The second-order valence-electron chi connectivity index (χ2n) is 7.09. The summed E-state index contributed by atoms with van der Waals surface area (Å²) in [6, 6.07) is 21.8. The van der Waals surface area contributed by atoms with E-state index in [1.165, 1.54) is 0 Å². The van der Waals surface area contributed by atoms with Crippen molar-refractivity contribution in [1.29, 1.82) is 0 Å². The fourth-order valence-corrected chi connectivity index (χ4v) is 3.27. The van der Waals surface area contributed by atoms with Gasteiger partial charge in [0.15, 0.2) is 0 Å². The summed E-state index contributed by atoms with van der Waals surface area (Å²) in [5.41, 5.74) is 15.1. The Bertz CT molecular complexity index is 1120. The number of carbonyl (C=O) groups is 2. The van der Waals surface area contributed by atoms with Crippen molar-refractivity contribution in [1.82, 2.24) is 0 Å². The minimum absolute atomic E-state index is 0.104. The zero-order chi connectivity index (χ0) is 21.1. The summed E-state index contributed by atoms with van der Waals surface area (Å²) in [7, 11) is 0. The molecule has 0 radical (unpaired) electrons. The summed E-state index contributed by atoms with van der Waals surface area (Å²) in [6.07, 6.45) is 2.25. The van der Waals surface area contributed by atoms with E-state index >= 15 is 0 Å². The molecule has 6 heteroatoms. The van der Waals surface area contributed by atoms with Crippen LogP contribution in [-0.4, -0.2) is 17.9 Å². The van der Waals surface area contributed by atoms with Crippen LogP contribution in [-0.2, 0) is 16.0 Å². The van der Waals surface area contributed by atoms with Crippen LogP contribution < -0.4 is 21.5 Å². The number of fused-ring (bicyclic) bond motifs is 1. The third-order valence-corrected chi connectivity index (χ3v) is 4.88. The first-order valence-corrected chi connectivity index (χ1v) is 9.54. The maximum Gasteiger partial charge on any atom is 0.256 e. The van der Waals surface area contributed by atoms with Gasteiger partial charge in [-0.2, -0.15) is 0 Å². The molecule has 6 nitrogen and oxygen atoms in total. The topological polar surface area (TPSA) is 107 Å². The summed E-state index contributed by atoms with van der Waals surface area (Å²) in [5.74, 6) is 0.716. The van der Waals surface area contributed by atoms with Crippen LogP contribution >= 0.6 is 0 Å². The molecule has 5 N–H and O–H groups in total. The number of hydrogen-bond donors (Lipinski definition) is 3. The van der Waals surface area contributed by atoms with E-state index in [4.69, 9.17) is 16.2 Å². The molecule has 1 atom stereocenters. The molecular formula is C24H21N3O3. The molecule has 2 amide bonds. The summed E-state index contributed by atoms with van der Waals surface area (Å²) in [5, 5.41) is 2.87. The molecule has 1 heterocycles. The molecule has 0 fully saturated rings. The molecule has 0 spiro atoms. The third-order valence-electron chi connectivity index (χ3n) is 4.88. The average Bonchev–Trinajstić information content (AvgIpc) is 3.06. The highest BCUT2D eigenvalue weighted by atomic mass is 16.5. The van der Waals surface area contributed by atoms with E-state index < -0.39 is 11.9 Å². The minimum atomic E-state index is -0.702. The summed E-state index contributed by atoms with van der Waals surface area (Å²) >= 11 is 0. The minimum Gasteiger partial charge on any atom is -0.457 e. The van der Waals surface area contributed by atoms with Gasteiger partial charge in [-0.05, 0) is 54.0 Å². The normalized spacial score (nSPS) is 14.8. The number of anilines is 1. The van der Waals surface area contributed by atoms with E-state index in [-0.39, 0.29) is 5.91 Å². The Morgan fingerprint density at radius 3 is 2.27 bits per heavy atom. The second-order valence-corrected chi connectivity index (χ2v) is 7.09. The van der Waals surface area contributed by atoms with Gasteiger partial charge in [0, 0.05) is 16.8 Å². The Morgan fingerprint density at radius 2 is 1.60 bits per heavy atom. The molecule has 0 saturated carbocycles. The van der Waals surface area contributed by atoms with Crippen LogP contribution in [0.15, 0.2) is 72.8 Å². The molecule has 3 aromatic carbocycles. The van der Waals surface area contributed by atoms with Crippen molar-refractivity contribution in [3.05, 3.63) is 89.5 Å². The highest BCUT2D eigenvalue weighted by Gasteiger charge is 2.23. The second kappa shape index (κ2) is 8.23. The number of nitrogens with two attached hydrogens (primary N) is 2. The molecule has 150 valence electrons. The lowest BCUT2D eigenvalue weighted by molar-refractivity contribution is -0.119. The molecule has 0 bridgehead atoms. The Labute approximate surface area is 174 Å². The molecule has 30 heavy (non-hydrogen) atoms. The zero-order valence-electron chi connectivity index (χ0n) is 16.2. The van der Waals surface area contributed by atoms with Crippen LogP contribution in [0, 0.1) is 0 Å². The predicted octanol–water partition coefficient (Wildman–Crippen LogP) is 3.33. The molecule has 0 saturated heterocycles. The number of carbonyl (C=O) groups excluding carboxylic acids is 2. The van der Waals surface area contributed by atoms with Crippen molar-refractivity contribution in [3.63, 3.8) is 0 Å². The fourth-order valence-electron chi connectivity index (χ4n) is 3.27. The maximum absolute atomic E-state index is 12.2. The van der Waals surface area contributed by atoms with E-state index in [1.54, 1.807) is 0 Å². The SMILES string of the molecule is NC(=O)C(N)Cc1ccc(Oc2ccc(C=C3C(=O)Nc4ccccc43)cc2)cc1. The number of para-hydroxylation sites is 1. The first kappa shape index (κ1) is 19.4. The molecule has 1 unspecified atom stereocenters. The van der Waals surface area contributed by atoms with Crippen LogP contribution in [0.1, 0.15) is 16.7 Å². The van der Waals surface area contributed by atoms with Gasteiger partial charge in [-0.1, -0.05) is 42.5 Å². The number of ether oxygens (including phenoxy) is 1. The number of primary amides is 1. The van der Waals surface area contributed by atoms with Crippen LogP contribution in [0.5, 0.6) is 11.5 Å². The fraction of sp³-hybridized carbons (Fsp3) is 0.0833. The van der Waals surface area contributed by atoms with Gasteiger partial charge >= 0.3 is 0 Å². The molecule has 0 aliphatic carbocycles. The number of rotatable bonds is 6. The molecule has 1 aliphatic heterocycles. The van der Waals surface area contributed by atoms with Crippen molar-refractivity contribution in [3.8, 4) is 11.5 Å². The zero-order valence-corrected chi connectivity index (χ0v) is 16.2. The van der Waals surface area contributed by atoms with Gasteiger partial charge in [0.25, 0.3) is 5.91 Å². The van der Waals surface area contributed by atoms with E-state index in [9.17, 15) is 9.59 Å². The van der Waals surface area contributed by atoms with Crippen LogP contribution in [0.2, 0.25) is 0 Å². The van der Waals surface area contributed by atoms with Gasteiger partial charge in [0.2, 0.25) is 5.91 Å². The van der Waals surface area contributed by atoms with Gasteiger partial charge in [-0.3, -0.25) is 9.59 Å². The van der Waals surface area contributed by atoms with Gasteiger partial charge < -0.3 is 21.5 Å². The van der Waals surface area contributed by atoms with E-state index in [0.29, 0.717) is 23.5 Å². The van der Waals surface area contributed by atoms with Crippen molar-refractivity contribution in [2.24, 2.45) is 11.5 Å². The maximum atomic E-state index is 12.2. The lowest BCUT2D eigenvalue weighted by Gasteiger charge is -2.09. The third kappa shape index (κ3) is 4.24. The van der Waals surface area contributed by atoms with Crippen molar-refractivity contribution in [2.75, 3.05) is 5.32 Å². The van der Waals surface area contributed by atoms with Crippen molar-refractivity contribution in [2.45, 2.75) is 12.5 Å². The summed E-state index contributed by atoms with van der Waals surface area (Å²) in [6.45, 7) is 0. The van der Waals surface area contributed by atoms with E-state index in [0.717, 1.165) is 22.4 Å². The first-order valence-electron chi connectivity index (χ1n) is 9.54. The monoisotopic (exact) mass is 399 g/mol. The number of hydrogen-bond acceptors (Lipinski definition) is 4. The molecular weight excluding hydrogens is 378 g/mol. The van der Waals surface area contributed by atoms with Crippen LogP contribution in [0.4, 0.5) is 5.69 Å². The highest BCUT2D eigenvalue weighted by Crippen LogP contribution is 2.33. The van der Waals surface area contributed by atoms with E-state index in [2.05, 4.69) is 5.32 Å². The Hall–Kier alpha value is -3.90. The van der Waals surface area contributed by atoms with Crippen LogP contribution in [0.25, 0.3) is 11.6 Å². The Kier molecular flexibility index (Phi) is 5.32. The molecule has 4 rings (SSSR count). The smallest absolute Gasteiger partial charge is 0.256 e. The number of amides is 2. The number of nitrogens with one attached hydrogen (secondary N) is 1. The van der Waals surface area contributed by atoms with E-state index in [1.807, 2.05) is 78.9 Å². The summed E-state index contributed by atoms with van der Waals surface area (Å²) in [4.78, 5) is 23.3. The highest BCUT2D eigenvalue weighted by molar-refractivity contribution is 6.34. The lowest BCUT2D eigenvalue weighted by atomic mass is 10.0. The van der Waals surface area contributed by atoms with Gasteiger partial charge in [0.05, 0.1) is 6.04 Å². The van der Waals surface area contributed by atoms with Gasteiger partial charge in [-0.25, -0.2) is 0 Å². The van der Waals surface area contributed by atoms with Gasteiger partial charge in [0.1, 0.15) is 11.5 Å². The van der Waals surface area contributed by atoms with Crippen molar-refractivity contribution >= 4 is 29.2 Å². The average molecular weight is 399 g/mol. The Balaban J connectivity index is 1.44. The van der Waals surface area contributed by atoms with Crippen LogP contribution in [0.3, 0.4) is 0 Å². The standard InChI is InChI=1S/C24H21N3O3/c25-21(23(26)28)14-16-7-11-18(12-8-16)30-17-9-5-15(6-10-17)13-20-19-3-1-2-4-22(19)27-24(20)29/h1-13,21H,14,25H2,(H2,26,28)(H,27,29). The largest absolute Gasteiger partial charge is 0.457 e. The molecule has 3 aromatic rings. The summed E-state index contributed by atoms with van der Waals surface area (Å²) < 4.78 is 5.87. The predicted molar refractivity (Wildman–Crippen MR) is 117 cm³/mol. The van der Waals surface area contributed by atoms with Crippen molar-refractivity contribution < 1.29 is 14.3 Å². The molecule has 0 aromatic heterocycles. The quantitative estimate of drug-likeness (QED) is 0.553. The first-order chi connectivity index (χ1) is 14.5. The molecule has 1 aliphatic rings. The van der Waals surface area contributed by atoms with Gasteiger partial charge in [-0.15, -0.1) is 0 Å². The Morgan fingerprint density at radius 1 is 0.967 bits per heavy atom.